The summed E-state index contributed by atoms with van der Waals surface area (Å²) in [6.07, 6.45) is -8.08. The summed E-state index contributed by atoms with van der Waals surface area (Å²) < 4.78 is 0. The van der Waals surface area contributed by atoms with E-state index < -0.39 is 37.0 Å². The van der Waals surface area contributed by atoms with Gasteiger partial charge < -0.3 is 35.4 Å². The van der Waals surface area contributed by atoms with Crippen LogP contribution in [0.2, 0.25) is 0 Å². The zero-order chi connectivity index (χ0) is 10.6. The van der Waals surface area contributed by atoms with Crippen molar-refractivity contribution in [2.24, 2.45) is 0 Å². The van der Waals surface area contributed by atoms with Gasteiger partial charge in [0.25, 0.3) is 0 Å². The summed E-state index contributed by atoms with van der Waals surface area (Å²) in [6.45, 7) is -0.863. The molecule has 0 spiro atoms. The molecule has 0 saturated carbocycles. The summed E-state index contributed by atoms with van der Waals surface area (Å²) in [5.41, 5.74) is 0. The smallest absolute Gasteiger partial charge is 0.547 e. The van der Waals surface area contributed by atoms with Gasteiger partial charge in [-0.1, -0.05) is 0 Å². The maximum absolute atomic E-state index is 9.98. The number of hydrogen-bond acceptors (Lipinski definition) is 7. The van der Waals surface area contributed by atoms with Crippen LogP contribution in [-0.4, -0.2) is 62.5 Å². The van der Waals surface area contributed by atoms with Gasteiger partial charge in [-0.25, -0.2) is 0 Å². The first-order valence-electron chi connectivity index (χ1n) is 3.45. The third-order valence-electron chi connectivity index (χ3n) is 1.50. The number of carbonyl (C=O) groups is 1. The van der Waals surface area contributed by atoms with Crippen LogP contribution < -0.4 is 5.11 Å². The molecule has 0 aliphatic heterocycles. The van der Waals surface area contributed by atoms with Crippen molar-refractivity contribution in [3.05, 3.63) is 0 Å². The van der Waals surface area contributed by atoms with Crippen LogP contribution in [0.3, 0.4) is 0 Å². The summed E-state index contributed by atoms with van der Waals surface area (Å²) >= 11 is 0. The van der Waals surface area contributed by atoms with Crippen LogP contribution in [0.25, 0.3) is 0 Å². The molecule has 79 valence electrons. The standard InChI is InChI=1S/C6H12O7.Hg/c7-1-2(8)3(9)4(10)5(11)6(12)13;/h2-5,7-11H,1H2,(H,12,13);/q;+1/p-1. The Balaban J connectivity index is 0. The predicted octanol–water partition coefficient (Wildman–Crippen LogP) is -4.83. The average Bonchev–Trinajstić information content (AvgIpc) is 2.12. The van der Waals surface area contributed by atoms with E-state index in [4.69, 9.17) is 25.5 Å². The van der Waals surface area contributed by atoms with Crippen LogP contribution in [-0.2, 0) is 32.5 Å². The van der Waals surface area contributed by atoms with Gasteiger partial charge in [-0.05, 0) is 0 Å². The predicted molar refractivity (Wildman–Crippen MR) is 36.1 cm³/mol. The van der Waals surface area contributed by atoms with Crippen LogP contribution in [0.5, 0.6) is 0 Å². The molecule has 4 atom stereocenters. The first-order chi connectivity index (χ1) is 5.91. The minimum Gasteiger partial charge on any atom is -0.547 e. The number of aliphatic carboxylic acids is 1. The third kappa shape index (κ3) is 4.62. The Morgan fingerprint density at radius 2 is 1.57 bits per heavy atom. The molecule has 1 radical (unpaired) electrons. The molecule has 5 N–H and O–H groups in total. The second-order valence-corrected chi connectivity index (χ2v) is 2.49. The summed E-state index contributed by atoms with van der Waals surface area (Å²) in [6, 6.07) is 0. The largest absolute Gasteiger partial charge is 1.00 e. The fraction of sp³-hybridized carbons (Fsp3) is 0.833. The van der Waals surface area contributed by atoms with E-state index in [1.165, 1.54) is 0 Å². The number of carboxylic acid groups (broad SMARTS) is 1. The van der Waals surface area contributed by atoms with Crippen LogP contribution >= 0.6 is 0 Å². The monoisotopic (exact) mass is 397 g/mol. The van der Waals surface area contributed by atoms with Crippen molar-refractivity contribution >= 4 is 5.97 Å². The molecule has 0 aromatic rings. The van der Waals surface area contributed by atoms with Gasteiger partial charge in [0.2, 0.25) is 0 Å². The minimum absolute atomic E-state index is 0. The number of rotatable bonds is 5. The Kier molecular flexibility index (Phi) is 8.90. The van der Waals surface area contributed by atoms with Crippen molar-refractivity contribution in [1.82, 2.24) is 0 Å². The zero-order valence-electron chi connectivity index (χ0n) is 7.28. The SMILES string of the molecule is O=C([O-])C(O)C(O)C(O)C(O)CO.[Hg+]. The Bertz CT molecular complexity index is 176. The van der Waals surface area contributed by atoms with E-state index in [0.29, 0.717) is 0 Å². The number of hydrogen-bond donors (Lipinski definition) is 5. The van der Waals surface area contributed by atoms with Crippen molar-refractivity contribution in [3.8, 4) is 0 Å². The third-order valence-corrected chi connectivity index (χ3v) is 1.50. The molecular weight excluding hydrogens is 385 g/mol. The first kappa shape index (κ1) is 16.6. The van der Waals surface area contributed by atoms with E-state index in [1.54, 1.807) is 0 Å². The molecule has 0 rings (SSSR count). The van der Waals surface area contributed by atoms with Gasteiger partial charge in [0.1, 0.15) is 24.4 Å². The molecule has 0 bridgehead atoms. The van der Waals surface area contributed by atoms with Crippen LogP contribution in [0.4, 0.5) is 0 Å². The number of carbonyl (C=O) groups excluding carboxylic acids is 1. The van der Waals surface area contributed by atoms with Gasteiger partial charge in [-0.15, -0.1) is 0 Å². The van der Waals surface area contributed by atoms with Crippen molar-refractivity contribution in [2.45, 2.75) is 24.4 Å². The van der Waals surface area contributed by atoms with E-state index in [9.17, 15) is 9.90 Å². The molecule has 0 aliphatic carbocycles. The molecule has 0 saturated heterocycles. The van der Waals surface area contributed by atoms with Crippen LogP contribution in [0, 0.1) is 0 Å². The van der Waals surface area contributed by atoms with E-state index in [0.717, 1.165) is 0 Å². The van der Waals surface area contributed by atoms with Gasteiger partial charge in [0.05, 0.1) is 12.6 Å². The van der Waals surface area contributed by atoms with Gasteiger partial charge >= 0.3 is 27.7 Å². The first-order valence-corrected chi connectivity index (χ1v) is 3.45. The molecule has 0 aliphatic rings. The maximum Gasteiger partial charge on any atom is 1.00 e. The van der Waals surface area contributed by atoms with E-state index in [-0.39, 0.29) is 27.7 Å². The Morgan fingerprint density at radius 3 is 1.86 bits per heavy atom. The van der Waals surface area contributed by atoms with Crippen molar-refractivity contribution in [1.29, 1.82) is 0 Å². The molecular formula is C6H11HgO7. The fourth-order valence-corrected chi connectivity index (χ4v) is 0.662. The fourth-order valence-electron chi connectivity index (χ4n) is 0.662. The van der Waals surface area contributed by atoms with E-state index in [2.05, 4.69) is 0 Å². The molecule has 4 unspecified atom stereocenters. The summed E-state index contributed by atoms with van der Waals surface area (Å²) in [5.74, 6) is -1.98. The number of aliphatic hydroxyl groups excluding tert-OH is 5. The molecule has 0 amide bonds. The van der Waals surface area contributed by atoms with Crippen LogP contribution in [0.15, 0.2) is 0 Å². The van der Waals surface area contributed by atoms with Crippen molar-refractivity contribution in [2.75, 3.05) is 6.61 Å². The Labute approximate surface area is 100 Å². The number of carboxylic acids is 1. The topological polar surface area (TPSA) is 141 Å². The van der Waals surface area contributed by atoms with Gasteiger partial charge in [0, 0.05) is 0 Å². The average molecular weight is 396 g/mol. The molecule has 0 heterocycles. The number of aliphatic hydroxyl groups is 5. The molecule has 14 heavy (non-hydrogen) atoms. The maximum atomic E-state index is 9.98. The van der Waals surface area contributed by atoms with E-state index in [1.807, 2.05) is 0 Å². The Hall–Kier alpha value is 0.205. The zero-order valence-corrected chi connectivity index (χ0v) is 12.8. The van der Waals surface area contributed by atoms with Gasteiger partial charge in [0.15, 0.2) is 0 Å². The second-order valence-electron chi connectivity index (χ2n) is 2.49. The van der Waals surface area contributed by atoms with E-state index >= 15 is 0 Å². The molecule has 0 aromatic heterocycles. The van der Waals surface area contributed by atoms with Crippen molar-refractivity contribution in [3.63, 3.8) is 0 Å². The van der Waals surface area contributed by atoms with Crippen LogP contribution in [0.1, 0.15) is 0 Å². The Morgan fingerprint density at radius 1 is 1.14 bits per heavy atom. The summed E-state index contributed by atoms with van der Waals surface area (Å²) in [5, 5.41) is 53.4. The molecule has 0 fully saturated rings. The second kappa shape index (κ2) is 7.49. The quantitative estimate of drug-likeness (QED) is 0.294. The molecule has 8 heteroatoms. The van der Waals surface area contributed by atoms with Gasteiger partial charge in [-0.2, -0.15) is 0 Å². The van der Waals surface area contributed by atoms with Crippen molar-refractivity contribution < 1.29 is 63.1 Å². The molecule has 7 nitrogen and oxygen atoms in total. The van der Waals surface area contributed by atoms with Gasteiger partial charge in [-0.3, -0.25) is 0 Å². The molecule has 0 aromatic carbocycles. The summed E-state index contributed by atoms with van der Waals surface area (Å²) in [7, 11) is 0. The summed E-state index contributed by atoms with van der Waals surface area (Å²) in [4.78, 5) is 9.98. The normalized spacial score (nSPS) is 18.9. The minimum atomic E-state index is -2.31.